The first kappa shape index (κ1) is 20.7. The van der Waals surface area contributed by atoms with E-state index < -0.39 is 0 Å². The molecule has 2 heterocycles. The Hall–Kier alpha value is -2.57. The smallest absolute Gasteiger partial charge is 0.234 e. The van der Waals surface area contributed by atoms with Crippen molar-refractivity contribution < 1.29 is 9.53 Å². The lowest BCUT2D eigenvalue weighted by Gasteiger charge is -2.16. The molecule has 1 saturated heterocycles. The molecule has 3 aromatic rings. The topological polar surface area (TPSA) is 56.2 Å². The van der Waals surface area contributed by atoms with Crippen LogP contribution in [-0.2, 0) is 16.1 Å². The van der Waals surface area contributed by atoms with Gasteiger partial charge in [-0.1, -0.05) is 60.3 Å². The summed E-state index contributed by atoms with van der Waals surface area (Å²) < 4.78 is 8.06. The molecule has 0 saturated carbocycles. The summed E-state index contributed by atoms with van der Waals surface area (Å²) in [6, 6.07) is 16.3. The van der Waals surface area contributed by atoms with Crippen LogP contribution < -0.4 is 5.32 Å². The molecular formula is C24H27N3O2S. The van der Waals surface area contributed by atoms with E-state index in [2.05, 4.69) is 27.0 Å². The van der Waals surface area contributed by atoms with Crippen LogP contribution in [0.4, 0.5) is 5.69 Å². The molecule has 6 heteroatoms. The average molecular weight is 422 g/mol. The van der Waals surface area contributed by atoms with Gasteiger partial charge in [0.25, 0.3) is 0 Å². The highest BCUT2D eigenvalue weighted by Crippen LogP contribution is 2.28. The van der Waals surface area contributed by atoms with Crippen molar-refractivity contribution in [2.75, 3.05) is 17.7 Å². The van der Waals surface area contributed by atoms with Crippen LogP contribution in [-0.4, -0.2) is 33.9 Å². The van der Waals surface area contributed by atoms with E-state index in [1.807, 2.05) is 56.4 Å². The molecule has 5 nitrogen and oxygen atoms in total. The fourth-order valence-corrected chi connectivity index (χ4v) is 4.59. The van der Waals surface area contributed by atoms with Crippen LogP contribution in [0, 0.1) is 13.8 Å². The molecule has 0 aliphatic carbocycles. The lowest BCUT2D eigenvalue weighted by molar-refractivity contribution is -0.113. The summed E-state index contributed by atoms with van der Waals surface area (Å²) in [5, 5.41) is 3.91. The Bertz CT molecular complexity index is 990. The summed E-state index contributed by atoms with van der Waals surface area (Å²) in [4.78, 5) is 17.3. The summed E-state index contributed by atoms with van der Waals surface area (Å²) in [5.74, 6) is 0.287. The van der Waals surface area contributed by atoms with Gasteiger partial charge in [0.05, 0.1) is 30.3 Å². The van der Waals surface area contributed by atoms with Crippen molar-refractivity contribution in [2.45, 2.75) is 44.5 Å². The molecule has 1 aliphatic rings. The van der Waals surface area contributed by atoms with Crippen molar-refractivity contribution in [3.63, 3.8) is 0 Å². The number of rotatable bonds is 7. The van der Waals surface area contributed by atoms with Crippen molar-refractivity contribution in [1.82, 2.24) is 9.55 Å². The molecule has 4 rings (SSSR count). The van der Waals surface area contributed by atoms with Gasteiger partial charge in [-0.15, -0.1) is 0 Å². The predicted molar refractivity (Wildman–Crippen MR) is 122 cm³/mol. The molecule has 2 aromatic carbocycles. The van der Waals surface area contributed by atoms with Gasteiger partial charge in [0.2, 0.25) is 5.91 Å². The minimum absolute atomic E-state index is 0.0228. The molecule has 1 N–H and O–H groups in total. The van der Waals surface area contributed by atoms with Crippen molar-refractivity contribution >= 4 is 23.4 Å². The van der Waals surface area contributed by atoms with Crippen molar-refractivity contribution in [3.8, 4) is 11.3 Å². The van der Waals surface area contributed by atoms with Crippen LogP contribution in [0.15, 0.2) is 59.9 Å². The van der Waals surface area contributed by atoms with Gasteiger partial charge >= 0.3 is 0 Å². The highest BCUT2D eigenvalue weighted by molar-refractivity contribution is 7.99. The van der Waals surface area contributed by atoms with Gasteiger partial charge in [-0.05, 0) is 43.4 Å². The quantitative estimate of drug-likeness (QED) is 0.541. The predicted octanol–water partition coefficient (Wildman–Crippen LogP) is 5.08. The fourth-order valence-electron chi connectivity index (χ4n) is 3.80. The second-order valence-electron chi connectivity index (χ2n) is 7.64. The van der Waals surface area contributed by atoms with Crippen molar-refractivity contribution in [2.24, 2.45) is 0 Å². The molecule has 1 atom stereocenters. The number of thioether (sulfide) groups is 1. The first-order valence-corrected chi connectivity index (χ1v) is 11.3. The molecule has 30 heavy (non-hydrogen) atoms. The summed E-state index contributed by atoms with van der Waals surface area (Å²) in [6.45, 7) is 5.60. The van der Waals surface area contributed by atoms with Gasteiger partial charge in [-0.2, -0.15) is 0 Å². The zero-order valence-corrected chi connectivity index (χ0v) is 18.2. The molecule has 156 valence electrons. The number of benzene rings is 2. The Labute approximate surface area is 181 Å². The van der Waals surface area contributed by atoms with Gasteiger partial charge < -0.3 is 14.6 Å². The number of hydrogen-bond donors (Lipinski definition) is 1. The maximum atomic E-state index is 12.6. The second kappa shape index (κ2) is 9.49. The highest BCUT2D eigenvalue weighted by Gasteiger charge is 2.21. The Morgan fingerprint density at radius 2 is 1.93 bits per heavy atom. The molecule has 0 radical (unpaired) electrons. The maximum Gasteiger partial charge on any atom is 0.234 e. The molecule has 1 amide bonds. The van der Waals surface area contributed by atoms with Crippen LogP contribution in [0.25, 0.3) is 11.3 Å². The number of amides is 1. The lowest BCUT2D eigenvalue weighted by atomic mass is 10.1. The standard InChI is InChI=1S/C24H27N3O2S/c1-17-8-6-9-18(2)23(17)26-22(28)16-30-24-25-14-21(19-10-4-3-5-11-19)27(24)15-20-12-7-13-29-20/h3-6,8-11,14,20H,7,12-13,15-16H2,1-2H3,(H,26,28). The Balaban J connectivity index is 1.50. The van der Waals surface area contributed by atoms with E-state index in [4.69, 9.17) is 4.74 Å². The van der Waals surface area contributed by atoms with E-state index in [-0.39, 0.29) is 12.0 Å². The number of hydrogen-bond acceptors (Lipinski definition) is 4. The summed E-state index contributed by atoms with van der Waals surface area (Å²) in [7, 11) is 0. The monoisotopic (exact) mass is 421 g/mol. The number of aromatic nitrogens is 2. The van der Waals surface area contributed by atoms with Crippen molar-refractivity contribution in [3.05, 3.63) is 65.9 Å². The summed E-state index contributed by atoms with van der Waals surface area (Å²) in [5.41, 5.74) is 5.22. The van der Waals surface area contributed by atoms with E-state index >= 15 is 0 Å². The SMILES string of the molecule is Cc1cccc(C)c1NC(=O)CSc1ncc(-c2ccccc2)n1CC1CCCO1. The molecule has 1 unspecified atom stereocenters. The first-order chi connectivity index (χ1) is 14.6. The average Bonchev–Trinajstić information content (AvgIpc) is 3.40. The molecule has 1 aliphatic heterocycles. The minimum atomic E-state index is -0.0228. The Morgan fingerprint density at radius 1 is 1.17 bits per heavy atom. The van der Waals surface area contributed by atoms with Crippen LogP contribution >= 0.6 is 11.8 Å². The number of nitrogens with one attached hydrogen (secondary N) is 1. The largest absolute Gasteiger partial charge is 0.376 e. The van der Waals surface area contributed by atoms with Gasteiger partial charge in [0.15, 0.2) is 5.16 Å². The highest BCUT2D eigenvalue weighted by atomic mass is 32.2. The maximum absolute atomic E-state index is 12.6. The second-order valence-corrected chi connectivity index (χ2v) is 8.58. The molecule has 0 spiro atoms. The summed E-state index contributed by atoms with van der Waals surface area (Å²) in [6.07, 6.45) is 4.25. The van der Waals surface area contributed by atoms with Gasteiger partial charge in [-0.25, -0.2) is 4.98 Å². The Kier molecular flexibility index (Phi) is 6.55. The fraction of sp³-hybridized carbons (Fsp3) is 0.333. The third-order valence-electron chi connectivity index (χ3n) is 5.38. The first-order valence-electron chi connectivity index (χ1n) is 10.3. The number of para-hydroxylation sites is 1. The van der Waals surface area contributed by atoms with E-state index in [0.717, 1.165) is 59.2 Å². The number of carbonyl (C=O) groups is 1. The van der Waals surface area contributed by atoms with E-state index in [1.54, 1.807) is 0 Å². The van der Waals surface area contributed by atoms with Gasteiger partial charge in [-0.3, -0.25) is 4.79 Å². The zero-order chi connectivity index (χ0) is 20.9. The number of nitrogens with zero attached hydrogens (tertiary/aromatic N) is 2. The molecular weight excluding hydrogens is 394 g/mol. The van der Waals surface area contributed by atoms with Gasteiger partial charge in [0.1, 0.15) is 0 Å². The Morgan fingerprint density at radius 3 is 2.63 bits per heavy atom. The van der Waals surface area contributed by atoms with Gasteiger partial charge in [0, 0.05) is 12.3 Å². The third-order valence-corrected chi connectivity index (χ3v) is 6.37. The summed E-state index contributed by atoms with van der Waals surface area (Å²) >= 11 is 1.47. The number of anilines is 1. The number of carbonyl (C=O) groups excluding carboxylic acids is 1. The molecule has 1 aromatic heterocycles. The van der Waals surface area contributed by atoms with Crippen LogP contribution in [0.3, 0.4) is 0 Å². The van der Waals surface area contributed by atoms with E-state index in [1.165, 1.54) is 11.8 Å². The number of aryl methyl sites for hydroxylation is 2. The van der Waals surface area contributed by atoms with Crippen LogP contribution in [0.2, 0.25) is 0 Å². The zero-order valence-electron chi connectivity index (χ0n) is 17.4. The van der Waals surface area contributed by atoms with Crippen LogP contribution in [0.5, 0.6) is 0 Å². The van der Waals surface area contributed by atoms with E-state index in [0.29, 0.717) is 5.75 Å². The minimum Gasteiger partial charge on any atom is -0.376 e. The van der Waals surface area contributed by atoms with Crippen LogP contribution in [0.1, 0.15) is 24.0 Å². The lowest BCUT2D eigenvalue weighted by Crippen LogP contribution is -2.18. The van der Waals surface area contributed by atoms with Crippen molar-refractivity contribution in [1.29, 1.82) is 0 Å². The normalized spacial score (nSPS) is 16.0. The number of ether oxygens (including phenoxy) is 1. The molecule has 1 fully saturated rings. The van der Waals surface area contributed by atoms with E-state index in [9.17, 15) is 4.79 Å². The molecule has 0 bridgehead atoms. The third kappa shape index (κ3) is 4.77. The number of imidazole rings is 1.